The zero-order valence-corrected chi connectivity index (χ0v) is 12.7. The van der Waals surface area contributed by atoms with Gasteiger partial charge in [-0.15, -0.1) is 11.8 Å². The summed E-state index contributed by atoms with van der Waals surface area (Å²) in [7, 11) is 0. The third kappa shape index (κ3) is 4.21. The van der Waals surface area contributed by atoms with E-state index in [0.29, 0.717) is 11.7 Å². The molecule has 20 heavy (non-hydrogen) atoms. The van der Waals surface area contributed by atoms with Crippen LogP contribution in [0.1, 0.15) is 5.56 Å². The number of halogens is 1. The smallest absolute Gasteiger partial charge is 0.171 e. The molecule has 2 aromatic carbocycles. The van der Waals surface area contributed by atoms with Gasteiger partial charge in [-0.3, -0.25) is 0 Å². The number of nitrogens with one attached hydrogen (secondary N) is 2. The van der Waals surface area contributed by atoms with Gasteiger partial charge in [0.25, 0.3) is 0 Å². The van der Waals surface area contributed by atoms with Crippen LogP contribution in [0.25, 0.3) is 0 Å². The summed E-state index contributed by atoms with van der Waals surface area (Å²) in [6, 6.07) is 14.3. The number of thiocarbonyl (C=S) groups is 1. The SMILES string of the molecule is CSc1ccccc1NC(=S)NCc1ccc(F)cc1. The minimum Gasteiger partial charge on any atom is -0.358 e. The minimum atomic E-state index is -0.233. The number of hydrogen-bond donors (Lipinski definition) is 2. The van der Waals surface area contributed by atoms with Crippen molar-refractivity contribution in [3.8, 4) is 0 Å². The standard InChI is InChI=1S/C15H15FN2S2/c1-20-14-5-3-2-4-13(14)18-15(19)17-10-11-6-8-12(16)9-7-11/h2-9H,10H2,1H3,(H2,17,18,19). The van der Waals surface area contributed by atoms with Crippen molar-refractivity contribution in [1.29, 1.82) is 0 Å². The van der Waals surface area contributed by atoms with Gasteiger partial charge in [0.05, 0.1) is 5.69 Å². The summed E-state index contributed by atoms with van der Waals surface area (Å²) in [5, 5.41) is 6.83. The second kappa shape index (κ2) is 7.26. The van der Waals surface area contributed by atoms with Gasteiger partial charge in [0.1, 0.15) is 5.82 Å². The molecular weight excluding hydrogens is 291 g/mol. The normalized spacial score (nSPS) is 10.1. The third-order valence-corrected chi connectivity index (χ3v) is 3.76. The highest BCUT2D eigenvalue weighted by Gasteiger charge is 2.02. The monoisotopic (exact) mass is 306 g/mol. The van der Waals surface area contributed by atoms with E-state index >= 15 is 0 Å². The fourth-order valence-electron chi connectivity index (χ4n) is 1.70. The molecule has 104 valence electrons. The van der Waals surface area contributed by atoms with Crippen molar-refractivity contribution in [2.75, 3.05) is 11.6 Å². The average molecular weight is 306 g/mol. The molecule has 0 amide bonds. The molecule has 2 aromatic rings. The van der Waals surface area contributed by atoms with Crippen LogP contribution in [0.15, 0.2) is 53.4 Å². The van der Waals surface area contributed by atoms with Gasteiger partial charge in [0.2, 0.25) is 0 Å². The Kier molecular flexibility index (Phi) is 5.38. The quantitative estimate of drug-likeness (QED) is 0.658. The molecule has 2 N–H and O–H groups in total. The first-order valence-corrected chi connectivity index (χ1v) is 7.74. The van der Waals surface area contributed by atoms with Crippen molar-refractivity contribution in [1.82, 2.24) is 5.32 Å². The lowest BCUT2D eigenvalue weighted by Crippen LogP contribution is -2.28. The summed E-state index contributed by atoms with van der Waals surface area (Å²) in [5.74, 6) is -0.233. The molecule has 0 radical (unpaired) electrons. The molecule has 0 saturated carbocycles. The molecule has 0 spiro atoms. The summed E-state index contributed by atoms with van der Waals surface area (Å²) in [6.07, 6.45) is 2.02. The minimum absolute atomic E-state index is 0.233. The van der Waals surface area contributed by atoms with E-state index in [-0.39, 0.29) is 5.82 Å². The number of para-hydroxylation sites is 1. The van der Waals surface area contributed by atoms with E-state index in [9.17, 15) is 4.39 Å². The Balaban J connectivity index is 1.91. The molecule has 5 heteroatoms. The second-order valence-corrected chi connectivity index (χ2v) is 5.39. The van der Waals surface area contributed by atoms with Crippen LogP contribution in [0, 0.1) is 5.82 Å². The van der Waals surface area contributed by atoms with Crippen molar-refractivity contribution < 1.29 is 4.39 Å². The van der Waals surface area contributed by atoms with E-state index in [1.54, 1.807) is 23.9 Å². The van der Waals surface area contributed by atoms with Crippen molar-refractivity contribution in [2.24, 2.45) is 0 Å². The Labute approximate surface area is 127 Å². The van der Waals surface area contributed by atoms with E-state index in [4.69, 9.17) is 12.2 Å². The zero-order valence-electron chi connectivity index (χ0n) is 11.0. The van der Waals surface area contributed by atoms with Crippen LogP contribution < -0.4 is 10.6 Å². The molecule has 0 heterocycles. The molecule has 0 fully saturated rings. The zero-order chi connectivity index (χ0) is 14.4. The molecule has 2 rings (SSSR count). The Morgan fingerprint density at radius 2 is 1.85 bits per heavy atom. The van der Waals surface area contributed by atoms with Crippen LogP contribution in [0.4, 0.5) is 10.1 Å². The van der Waals surface area contributed by atoms with Gasteiger partial charge in [-0.1, -0.05) is 24.3 Å². The van der Waals surface area contributed by atoms with Gasteiger partial charge < -0.3 is 10.6 Å². The Morgan fingerprint density at radius 3 is 2.55 bits per heavy atom. The summed E-state index contributed by atoms with van der Waals surface area (Å²) in [6.45, 7) is 0.563. The number of rotatable bonds is 4. The van der Waals surface area contributed by atoms with E-state index < -0.39 is 0 Å². The van der Waals surface area contributed by atoms with E-state index in [1.165, 1.54) is 12.1 Å². The van der Waals surface area contributed by atoms with Crippen molar-refractivity contribution >= 4 is 34.8 Å². The number of anilines is 1. The Hall–Kier alpha value is -1.59. The largest absolute Gasteiger partial charge is 0.358 e. The second-order valence-electron chi connectivity index (χ2n) is 4.13. The maximum Gasteiger partial charge on any atom is 0.171 e. The van der Waals surface area contributed by atoms with E-state index in [1.807, 2.05) is 30.5 Å². The number of benzene rings is 2. The third-order valence-electron chi connectivity index (χ3n) is 2.72. The first kappa shape index (κ1) is 14.8. The maximum atomic E-state index is 12.8. The number of thioether (sulfide) groups is 1. The molecule has 0 aliphatic heterocycles. The fraction of sp³-hybridized carbons (Fsp3) is 0.133. The molecular formula is C15H15FN2S2. The fourth-order valence-corrected chi connectivity index (χ4v) is 2.43. The Bertz CT molecular complexity index is 585. The molecule has 0 aliphatic rings. The van der Waals surface area contributed by atoms with Crippen LogP contribution in [-0.2, 0) is 6.54 Å². The van der Waals surface area contributed by atoms with Gasteiger partial charge in [0, 0.05) is 11.4 Å². The van der Waals surface area contributed by atoms with Gasteiger partial charge in [0.15, 0.2) is 5.11 Å². The summed E-state index contributed by atoms with van der Waals surface area (Å²) < 4.78 is 12.8. The Morgan fingerprint density at radius 1 is 1.15 bits per heavy atom. The lowest BCUT2D eigenvalue weighted by molar-refractivity contribution is 0.627. The highest BCUT2D eigenvalue weighted by atomic mass is 32.2. The van der Waals surface area contributed by atoms with Gasteiger partial charge >= 0.3 is 0 Å². The molecule has 0 aliphatic carbocycles. The van der Waals surface area contributed by atoms with Gasteiger partial charge in [-0.05, 0) is 48.3 Å². The van der Waals surface area contributed by atoms with Crippen molar-refractivity contribution in [3.63, 3.8) is 0 Å². The first-order valence-electron chi connectivity index (χ1n) is 6.11. The molecule has 0 atom stereocenters. The lowest BCUT2D eigenvalue weighted by Gasteiger charge is -2.13. The summed E-state index contributed by atoms with van der Waals surface area (Å²) in [5.41, 5.74) is 1.96. The van der Waals surface area contributed by atoms with Crippen LogP contribution in [-0.4, -0.2) is 11.4 Å². The van der Waals surface area contributed by atoms with Crippen molar-refractivity contribution in [3.05, 3.63) is 59.9 Å². The topological polar surface area (TPSA) is 24.1 Å². The highest BCUT2D eigenvalue weighted by Crippen LogP contribution is 2.24. The van der Waals surface area contributed by atoms with Crippen LogP contribution >= 0.6 is 24.0 Å². The first-order chi connectivity index (χ1) is 9.69. The molecule has 0 unspecified atom stereocenters. The lowest BCUT2D eigenvalue weighted by atomic mass is 10.2. The summed E-state index contributed by atoms with van der Waals surface area (Å²) >= 11 is 6.92. The maximum absolute atomic E-state index is 12.8. The summed E-state index contributed by atoms with van der Waals surface area (Å²) in [4.78, 5) is 1.14. The van der Waals surface area contributed by atoms with E-state index in [0.717, 1.165) is 16.1 Å². The average Bonchev–Trinajstić information content (AvgIpc) is 2.47. The molecule has 0 saturated heterocycles. The predicted octanol–water partition coefficient (Wildman–Crippen LogP) is 4.03. The number of hydrogen-bond acceptors (Lipinski definition) is 2. The van der Waals surface area contributed by atoms with Crippen LogP contribution in [0.2, 0.25) is 0 Å². The molecule has 2 nitrogen and oxygen atoms in total. The molecule has 0 bridgehead atoms. The van der Waals surface area contributed by atoms with Crippen LogP contribution in [0.3, 0.4) is 0 Å². The highest BCUT2D eigenvalue weighted by molar-refractivity contribution is 7.98. The van der Waals surface area contributed by atoms with Gasteiger partial charge in [-0.25, -0.2) is 4.39 Å². The molecule has 0 aromatic heterocycles. The van der Waals surface area contributed by atoms with E-state index in [2.05, 4.69) is 10.6 Å². The predicted molar refractivity (Wildman–Crippen MR) is 87.7 cm³/mol. The van der Waals surface area contributed by atoms with Crippen LogP contribution in [0.5, 0.6) is 0 Å². The van der Waals surface area contributed by atoms with Crippen molar-refractivity contribution in [2.45, 2.75) is 11.4 Å². The van der Waals surface area contributed by atoms with Gasteiger partial charge in [-0.2, -0.15) is 0 Å².